The van der Waals surface area contributed by atoms with Gasteiger partial charge in [-0.15, -0.1) is 0 Å². The minimum absolute atomic E-state index is 0.107. The molecule has 0 amide bonds. The molecule has 1 N–H and O–H groups in total. The van der Waals surface area contributed by atoms with Gasteiger partial charge in [0.15, 0.2) is 6.61 Å². The van der Waals surface area contributed by atoms with Crippen LogP contribution in [0.3, 0.4) is 0 Å². The van der Waals surface area contributed by atoms with Crippen LogP contribution < -0.4 is 10.1 Å². The van der Waals surface area contributed by atoms with Crippen LogP contribution in [-0.2, 0) is 6.54 Å². The largest absolute Gasteiger partial charge is 0.478 e. The molecule has 1 atom stereocenters. The fraction of sp³-hybridized carbons (Fsp3) is 0.500. The Morgan fingerprint density at radius 1 is 1.44 bits per heavy atom. The van der Waals surface area contributed by atoms with Gasteiger partial charge in [-0.1, -0.05) is 18.2 Å². The van der Waals surface area contributed by atoms with Crippen LogP contribution in [0.15, 0.2) is 24.3 Å². The normalized spacial score (nSPS) is 18.5. The van der Waals surface area contributed by atoms with Gasteiger partial charge in [0, 0.05) is 23.9 Å². The predicted molar refractivity (Wildman–Crippen MR) is 74.7 cm³/mol. The molecule has 0 aromatic heterocycles. The smallest absolute Gasteiger partial charge is 0.174 e. The van der Waals surface area contributed by atoms with Crippen molar-refractivity contribution < 1.29 is 4.74 Å². The first-order chi connectivity index (χ1) is 8.90. The lowest BCUT2D eigenvalue weighted by molar-refractivity contribution is 0.362. The van der Waals surface area contributed by atoms with Crippen molar-refractivity contribution in [2.45, 2.75) is 24.6 Å². The third-order valence-electron chi connectivity index (χ3n) is 2.98. The Morgan fingerprint density at radius 3 is 3.11 bits per heavy atom. The van der Waals surface area contributed by atoms with Crippen molar-refractivity contribution >= 4 is 11.8 Å². The van der Waals surface area contributed by atoms with Gasteiger partial charge in [0.1, 0.15) is 11.8 Å². The maximum atomic E-state index is 8.54. The Labute approximate surface area is 113 Å². The molecule has 1 heterocycles. The lowest BCUT2D eigenvalue weighted by Gasteiger charge is -2.12. The van der Waals surface area contributed by atoms with Gasteiger partial charge >= 0.3 is 0 Å². The van der Waals surface area contributed by atoms with Crippen LogP contribution in [0.2, 0.25) is 0 Å². The van der Waals surface area contributed by atoms with Crippen LogP contribution in [0.1, 0.15) is 18.4 Å². The number of hydrogen-bond acceptors (Lipinski definition) is 4. The van der Waals surface area contributed by atoms with Crippen molar-refractivity contribution in [2.24, 2.45) is 0 Å². The van der Waals surface area contributed by atoms with Gasteiger partial charge in [-0.05, 0) is 24.7 Å². The third-order valence-corrected chi connectivity index (χ3v) is 4.37. The van der Waals surface area contributed by atoms with Crippen molar-refractivity contribution in [2.75, 3.05) is 18.9 Å². The van der Waals surface area contributed by atoms with Crippen LogP contribution in [0, 0.1) is 11.3 Å². The molecule has 0 aliphatic carbocycles. The standard InChI is InChI=1S/C14H18N2OS/c15-7-8-17-14-6-2-1-4-12(14)10-16-11-13-5-3-9-18-13/h1-2,4,6,13,16H,3,5,8-11H2. The fourth-order valence-electron chi connectivity index (χ4n) is 2.07. The lowest BCUT2D eigenvalue weighted by Crippen LogP contribution is -2.22. The summed E-state index contributed by atoms with van der Waals surface area (Å²) in [5, 5.41) is 12.8. The summed E-state index contributed by atoms with van der Waals surface area (Å²) in [7, 11) is 0. The van der Waals surface area contributed by atoms with Gasteiger partial charge in [0.2, 0.25) is 0 Å². The van der Waals surface area contributed by atoms with Gasteiger partial charge in [-0.2, -0.15) is 17.0 Å². The molecule has 2 rings (SSSR count). The monoisotopic (exact) mass is 262 g/mol. The molecule has 0 radical (unpaired) electrons. The quantitative estimate of drug-likeness (QED) is 0.856. The predicted octanol–water partition coefficient (Wildman–Crippen LogP) is 2.57. The van der Waals surface area contributed by atoms with E-state index < -0.39 is 0 Å². The first-order valence-corrected chi connectivity index (χ1v) is 7.35. The Bertz CT molecular complexity index is 411. The minimum Gasteiger partial charge on any atom is -0.478 e. The van der Waals surface area contributed by atoms with E-state index in [4.69, 9.17) is 10.00 Å². The molecule has 0 bridgehead atoms. The number of rotatable bonds is 6. The molecule has 1 unspecified atom stereocenters. The van der Waals surface area contributed by atoms with Crippen molar-refractivity contribution in [3.63, 3.8) is 0 Å². The molecule has 1 aliphatic heterocycles. The van der Waals surface area contributed by atoms with Crippen LogP contribution in [0.4, 0.5) is 0 Å². The molecule has 0 spiro atoms. The van der Waals surface area contributed by atoms with Gasteiger partial charge in [0.05, 0.1) is 0 Å². The number of nitrogens with one attached hydrogen (secondary N) is 1. The summed E-state index contributed by atoms with van der Waals surface area (Å²) in [5.41, 5.74) is 1.12. The van der Waals surface area contributed by atoms with Gasteiger partial charge in [0.25, 0.3) is 0 Å². The maximum Gasteiger partial charge on any atom is 0.174 e. The highest BCUT2D eigenvalue weighted by Crippen LogP contribution is 2.25. The second-order valence-electron chi connectivity index (χ2n) is 4.32. The molecule has 1 aliphatic rings. The zero-order valence-corrected chi connectivity index (χ0v) is 11.2. The van der Waals surface area contributed by atoms with Crippen molar-refractivity contribution in [3.05, 3.63) is 29.8 Å². The maximum absolute atomic E-state index is 8.54. The van der Waals surface area contributed by atoms with Crippen LogP contribution >= 0.6 is 11.8 Å². The topological polar surface area (TPSA) is 45.0 Å². The van der Waals surface area contributed by atoms with Crippen LogP contribution in [0.25, 0.3) is 0 Å². The van der Waals surface area contributed by atoms with E-state index in [1.54, 1.807) is 0 Å². The van der Waals surface area contributed by atoms with E-state index in [9.17, 15) is 0 Å². The van der Waals surface area contributed by atoms with Crippen molar-refractivity contribution in [1.29, 1.82) is 5.26 Å². The third kappa shape index (κ3) is 3.94. The molecule has 3 nitrogen and oxygen atoms in total. The summed E-state index contributed by atoms with van der Waals surface area (Å²) in [6.45, 7) is 1.96. The minimum atomic E-state index is 0.107. The molecule has 4 heteroatoms. The molecule has 1 aromatic rings. The van der Waals surface area contributed by atoms with Gasteiger partial charge in [-0.3, -0.25) is 0 Å². The number of benzene rings is 1. The Balaban J connectivity index is 1.82. The Morgan fingerprint density at radius 2 is 2.33 bits per heavy atom. The average Bonchev–Trinajstić information content (AvgIpc) is 2.91. The first-order valence-electron chi connectivity index (χ1n) is 6.30. The number of ether oxygens (including phenoxy) is 1. The summed E-state index contributed by atoms with van der Waals surface area (Å²) in [6.07, 6.45) is 2.67. The summed E-state index contributed by atoms with van der Waals surface area (Å²) in [5.74, 6) is 2.11. The number of hydrogen-bond donors (Lipinski definition) is 1. The van der Waals surface area contributed by atoms with Crippen molar-refractivity contribution in [3.8, 4) is 11.8 Å². The Hall–Kier alpha value is -1.18. The highest BCUT2D eigenvalue weighted by molar-refractivity contribution is 8.00. The second kappa shape index (κ2) is 7.30. The van der Waals surface area contributed by atoms with Crippen LogP contribution in [-0.4, -0.2) is 24.2 Å². The molecular weight excluding hydrogens is 244 g/mol. The molecule has 18 heavy (non-hydrogen) atoms. The molecule has 1 aromatic carbocycles. The Kier molecular flexibility index (Phi) is 5.37. The lowest BCUT2D eigenvalue weighted by atomic mass is 10.2. The number of para-hydroxylation sites is 1. The molecule has 1 saturated heterocycles. The van der Waals surface area contributed by atoms with Crippen LogP contribution in [0.5, 0.6) is 5.75 Å². The first kappa shape index (κ1) is 13.3. The summed E-state index contributed by atoms with van der Waals surface area (Å²) in [6, 6.07) is 9.89. The fourth-order valence-corrected chi connectivity index (χ4v) is 3.31. The average molecular weight is 262 g/mol. The highest BCUT2D eigenvalue weighted by atomic mass is 32.2. The SMILES string of the molecule is N#CCOc1ccccc1CNCC1CCCS1. The van der Waals surface area contributed by atoms with E-state index in [-0.39, 0.29) is 6.61 Å². The molecular formula is C14H18N2OS. The summed E-state index contributed by atoms with van der Waals surface area (Å²) < 4.78 is 5.40. The van der Waals surface area contributed by atoms with E-state index in [0.717, 1.165) is 29.7 Å². The molecule has 0 saturated carbocycles. The van der Waals surface area contributed by atoms with E-state index in [1.165, 1.54) is 18.6 Å². The summed E-state index contributed by atoms with van der Waals surface area (Å²) in [4.78, 5) is 0. The molecule has 96 valence electrons. The zero-order valence-electron chi connectivity index (χ0n) is 10.4. The summed E-state index contributed by atoms with van der Waals surface area (Å²) >= 11 is 2.06. The second-order valence-corrected chi connectivity index (χ2v) is 5.73. The highest BCUT2D eigenvalue weighted by Gasteiger charge is 2.14. The van der Waals surface area contributed by atoms with Crippen molar-refractivity contribution in [1.82, 2.24) is 5.32 Å². The number of thioether (sulfide) groups is 1. The number of nitriles is 1. The van der Waals surface area contributed by atoms with Gasteiger partial charge in [-0.25, -0.2) is 0 Å². The van der Waals surface area contributed by atoms with E-state index in [0.29, 0.717) is 0 Å². The van der Waals surface area contributed by atoms with E-state index >= 15 is 0 Å². The van der Waals surface area contributed by atoms with Gasteiger partial charge < -0.3 is 10.1 Å². The zero-order chi connectivity index (χ0) is 12.6. The number of nitrogens with zero attached hydrogens (tertiary/aromatic N) is 1. The van der Waals surface area contributed by atoms with E-state index in [2.05, 4.69) is 17.1 Å². The van der Waals surface area contributed by atoms with E-state index in [1.807, 2.05) is 30.3 Å². The molecule has 1 fully saturated rings.